The van der Waals surface area contributed by atoms with Crippen molar-refractivity contribution in [2.45, 2.75) is 49.9 Å². The van der Waals surface area contributed by atoms with E-state index >= 15 is 0 Å². The zero-order valence-corrected chi connectivity index (χ0v) is 12.1. The molecule has 0 aromatic heterocycles. The van der Waals surface area contributed by atoms with Gasteiger partial charge in [-0.05, 0) is 0 Å². The summed E-state index contributed by atoms with van der Waals surface area (Å²) in [5.74, 6) is -0.243. The number of hydrogen-bond acceptors (Lipinski definition) is 2. The third-order valence-corrected chi connectivity index (χ3v) is 4.72. The van der Waals surface area contributed by atoms with E-state index in [4.69, 9.17) is 4.74 Å². The Bertz CT molecular complexity index is 190. The van der Waals surface area contributed by atoms with E-state index < -0.39 is 0 Å². The van der Waals surface area contributed by atoms with Crippen LogP contribution in [0.2, 0.25) is 10.4 Å². The Morgan fingerprint density at radius 2 is 2.00 bits per heavy atom. The van der Waals surface area contributed by atoms with E-state index in [-0.39, 0.29) is 21.7 Å². The van der Waals surface area contributed by atoms with Crippen LogP contribution in [-0.2, 0) is 9.53 Å². The summed E-state index contributed by atoms with van der Waals surface area (Å²) in [6.07, 6.45) is 5.39. The van der Waals surface area contributed by atoms with Crippen LogP contribution in [0.3, 0.4) is 0 Å². The van der Waals surface area contributed by atoms with Gasteiger partial charge >= 0.3 is 100.0 Å². The molecule has 0 fully saturated rings. The first kappa shape index (κ1) is 14.8. The Balaban J connectivity index is 3.11. The van der Waals surface area contributed by atoms with Gasteiger partial charge in [0.1, 0.15) is 0 Å². The molecule has 3 heteroatoms. The zero-order chi connectivity index (χ0) is 11.5. The maximum atomic E-state index is 11.0. The summed E-state index contributed by atoms with van der Waals surface area (Å²) < 4.78 is 5.02. The summed E-state index contributed by atoms with van der Waals surface area (Å²) >= 11 is 0.124. The normalized spacial score (nSPS) is 10.8. The van der Waals surface area contributed by atoms with Crippen molar-refractivity contribution in [2.24, 2.45) is 0 Å². The molecule has 88 valence electrons. The fourth-order valence-electron chi connectivity index (χ4n) is 1.14. The fraction of sp³-hybridized carbons (Fsp3) is 0.750. The van der Waals surface area contributed by atoms with Gasteiger partial charge in [-0.25, -0.2) is 0 Å². The van der Waals surface area contributed by atoms with E-state index in [0.717, 1.165) is 5.21 Å². The third-order valence-electron chi connectivity index (χ3n) is 2.07. The van der Waals surface area contributed by atoms with Crippen LogP contribution < -0.4 is 0 Å². The number of esters is 1. The summed E-state index contributed by atoms with van der Waals surface area (Å²) in [5, 5.41) is 2.48. The van der Waals surface area contributed by atoms with Crippen molar-refractivity contribution in [3.8, 4) is 0 Å². The Morgan fingerprint density at radius 1 is 1.27 bits per heavy atom. The molecule has 0 heterocycles. The predicted molar refractivity (Wildman–Crippen MR) is 66.7 cm³/mol. The van der Waals surface area contributed by atoms with E-state index in [2.05, 4.69) is 13.5 Å². The van der Waals surface area contributed by atoms with Crippen LogP contribution in [0.25, 0.3) is 0 Å². The van der Waals surface area contributed by atoms with E-state index in [0.29, 0.717) is 12.2 Å². The van der Waals surface area contributed by atoms with Gasteiger partial charge in [0.2, 0.25) is 0 Å². The first-order valence-electron chi connectivity index (χ1n) is 5.71. The molecule has 0 aliphatic carbocycles. The average Bonchev–Trinajstić information content (AvgIpc) is 2.21. The van der Waals surface area contributed by atoms with Crippen molar-refractivity contribution in [2.75, 3.05) is 6.61 Å². The van der Waals surface area contributed by atoms with Crippen molar-refractivity contribution < 1.29 is 9.53 Å². The molecule has 0 bridgehead atoms. The molecule has 0 aromatic carbocycles. The van der Waals surface area contributed by atoms with Gasteiger partial charge in [-0.2, -0.15) is 0 Å². The van der Waals surface area contributed by atoms with Crippen LogP contribution in [0.4, 0.5) is 0 Å². The molecule has 0 amide bonds. The van der Waals surface area contributed by atoms with Gasteiger partial charge < -0.3 is 0 Å². The van der Waals surface area contributed by atoms with Crippen LogP contribution in [0.5, 0.6) is 0 Å². The molecular formula is C12H23AsO2. The average molecular weight is 274 g/mol. The van der Waals surface area contributed by atoms with Crippen molar-refractivity contribution in [3.05, 3.63) is 12.2 Å². The first-order valence-corrected chi connectivity index (χ1v) is 8.68. The van der Waals surface area contributed by atoms with Gasteiger partial charge in [0.05, 0.1) is 0 Å². The topological polar surface area (TPSA) is 26.3 Å². The second kappa shape index (κ2) is 10.3. The van der Waals surface area contributed by atoms with E-state index in [1.807, 2.05) is 0 Å². The van der Waals surface area contributed by atoms with Crippen molar-refractivity contribution in [1.82, 2.24) is 0 Å². The van der Waals surface area contributed by atoms with E-state index in [1.54, 1.807) is 6.92 Å². The van der Waals surface area contributed by atoms with Crippen LogP contribution in [0, 0.1) is 0 Å². The number of ether oxygens (including phenoxy) is 1. The van der Waals surface area contributed by atoms with Crippen LogP contribution >= 0.6 is 0 Å². The second-order valence-corrected chi connectivity index (χ2v) is 6.87. The number of unbranched alkanes of at least 4 members (excludes halogenated alkanes) is 3. The Morgan fingerprint density at radius 3 is 2.60 bits per heavy atom. The minimum absolute atomic E-state index is 0.124. The molecule has 1 unspecified atom stereocenters. The summed E-state index contributed by atoms with van der Waals surface area (Å²) in [7, 11) is 0. The van der Waals surface area contributed by atoms with Crippen LogP contribution in [0.1, 0.15) is 39.5 Å². The van der Waals surface area contributed by atoms with Gasteiger partial charge in [0, 0.05) is 0 Å². The summed E-state index contributed by atoms with van der Waals surface area (Å²) in [6.45, 7) is 8.05. The van der Waals surface area contributed by atoms with Crippen molar-refractivity contribution >= 4 is 21.7 Å². The molecule has 0 aromatic rings. The van der Waals surface area contributed by atoms with Gasteiger partial charge in [0.15, 0.2) is 0 Å². The third kappa shape index (κ3) is 10.1. The monoisotopic (exact) mass is 274 g/mol. The standard InChI is InChI=1S/C12H23AsO2/c1-4-5-6-7-8-13-9-10-15-12(14)11(2)3/h13H,2,4-10H2,1,3H3. The van der Waals surface area contributed by atoms with E-state index in [9.17, 15) is 4.79 Å². The first-order chi connectivity index (χ1) is 7.18. The van der Waals surface area contributed by atoms with E-state index in [1.165, 1.54) is 30.9 Å². The van der Waals surface area contributed by atoms with Crippen LogP contribution in [-0.4, -0.2) is 28.3 Å². The number of hydrogen-bond donors (Lipinski definition) is 0. The summed E-state index contributed by atoms with van der Waals surface area (Å²) in [4.78, 5) is 11.0. The van der Waals surface area contributed by atoms with Gasteiger partial charge in [0.25, 0.3) is 0 Å². The molecule has 0 saturated carbocycles. The molecule has 1 atom stereocenters. The fourth-order valence-corrected chi connectivity index (χ4v) is 3.23. The summed E-state index contributed by atoms with van der Waals surface area (Å²) in [5.41, 5.74) is 0.498. The van der Waals surface area contributed by atoms with Gasteiger partial charge in [-0.3, -0.25) is 0 Å². The summed E-state index contributed by atoms with van der Waals surface area (Å²) in [6, 6.07) is 0. The molecule has 0 rings (SSSR count). The Kier molecular flexibility index (Phi) is 10.1. The molecule has 0 aliphatic rings. The minimum atomic E-state index is -0.243. The maximum absolute atomic E-state index is 11.0. The number of carbonyl (C=O) groups excluding carboxylic acids is 1. The molecular weight excluding hydrogens is 251 g/mol. The predicted octanol–water partition coefficient (Wildman–Crippen LogP) is 2.96. The molecule has 0 spiro atoms. The van der Waals surface area contributed by atoms with Gasteiger partial charge in [-0.15, -0.1) is 0 Å². The van der Waals surface area contributed by atoms with Gasteiger partial charge in [-0.1, -0.05) is 0 Å². The molecule has 0 radical (unpaired) electrons. The number of rotatable bonds is 9. The zero-order valence-electron chi connectivity index (χ0n) is 9.97. The quantitative estimate of drug-likeness (QED) is 0.280. The second-order valence-electron chi connectivity index (χ2n) is 3.73. The molecule has 2 nitrogen and oxygen atoms in total. The Labute approximate surface area is 100 Å². The van der Waals surface area contributed by atoms with Crippen molar-refractivity contribution in [3.63, 3.8) is 0 Å². The van der Waals surface area contributed by atoms with Crippen molar-refractivity contribution in [1.29, 1.82) is 0 Å². The Hall–Kier alpha value is -0.232. The van der Waals surface area contributed by atoms with Crippen LogP contribution in [0.15, 0.2) is 12.2 Å². The molecule has 0 aliphatic heterocycles. The molecule has 0 saturated heterocycles. The number of carbonyl (C=O) groups is 1. The molecule has 15 heavy (non-hydrogen) atoms. The molecule has 0 N–H and O–H groups in total. The SMILES string of the molecule is C=C(C)C(=O)OCC[AsH]CCCCCC.